The van der Waals surface area contributed by atoms with Gasteiger partial charge in [-0.3, -0.25) is 40.2 Å². The third-order valence-electron chi connectivity index (χ3n) is 13.0. The first kappa shape index (κ1) is 51.7. The second-order valence-electron chi connectivity index (χ2n) is 17.7. The highest BCUT2D eigenvalue weighted by Crippen LogP contribution is 2.50. The second kappa shape index (κ2) is 24.7. The fourth-order valence-corrected chi connectivity index (χ4v) is 9.52. The summed E-state index contributed by atoms with van der Waals surface area (Å²) in [7, 11) is -0.143. The summed E-state index contributed by atoms with van der Waals surface area (Å²) >= 11 is 0. The number of hydrogen-bond acceptors (Lipinski definition) is 12. The predicted molar refractivity (Wildman–Crippen MR) is 285 cm³/mol. The third kappa shape index (κ3) is 12.0. The Morgan fingerprint density at radius 1 is 0.301 bits per heavy atom. The molecule has 0 aliphatic carbocycles. The van der Waals surface area contributed by atoms with E-state index in [0.29, 0.717) is 66.4 Å². The Kier molecular flexibility index (Phi) is 17.5. The van der Waals surface area contributed by atoms with Crippen molar-refractivity contribution < 1.29 is 59.4 Å². The highest BCUT2D eigenvalue weighted by Gasteiger charge is 2.46. The van der Waals surface area contributed by atoms with Crippen molar-refractivity contribution >= 4 is 74.9 Å². The van der Waals surface area contributed by atoms with Crippen LogP contribution in [0.5, 0.6) is 0 Å². The van der Waals surface area contributed by atoms with Gasteiger partial charge in [0.25, 0.3) is 0 Å². The molecule has 4 N–H and O–H groups in total. The molecule has 12 nitrogen and oxygen atoms in total. The van der Waals surface area contributed by atoms with Gasteiger partial charge in [0.05, 0.1) is 5.41 Å². The van der Waals surface area contributed by atoms with Crippen LogP contribution in [0.4, 0.5) is 0 Å². The van der Waals surface area contributed by atoms with E-state index in [1.807, 2.05) is 24.3 Å². The molecule has 0 amide bonds. The molecule has 0 radical (unpaired) electrons. The van der Waals surface area contributed by atoms with Crippen molar-refractivity contribution in [1.82, 2.24) is 0 Å². The lowest BCUT2D eigenvalue weighted by Gasteiger charge is -2.41. The molecule has 8 aromatic rings. The highest BCUT2D eigenvalue weighted by molar-refractivity contribution is 6.47. The summed E-state index contributed by atoms with van der Waals surface area (Å²) in [5.41, 5.74) is 6.55. The predicted octanol–water partition coefficient (Wildman–Crippen LogP) is 5.64. The van der Waals surface area contributed by atoms with Gasteiger partial charge in [-0.1, -0.05) is 194 Å². The van der Waals surface area contributed by atoms with E-state index < -0.39 is 5.41 Å². The summed E-state index contributed by atoms with van der Waals surface area (Å²) in [6.07, 6.45) is -0.218. The Balaban J connectivity index is 1.41. The number of Topliss-reactive ketones (excluding diaryl/α,β-unsaturated/α-hetero) is 4. The normalized spacial score (nSPS) is 11.1. The highest BCUT2D eigenvalue weighted by atomic mass is 17.1. The molecule has 0 bridgehead atoms. The second-order valence-corrected chi connectivity index (χ2v) is 17.7. The minimum absolute atomic E-state index is 0.0358. The Bertz CT molecular complexity index is 2770. The van der Waals surface area contributed by atoms with E-state index in [1.165, 1.54) is 0 Å². The van der Waals surface area contributed by atoms with Gasteiger partial charge in [-0.25, -0.2) is 0 Å². The van der Waals surface area contributed by atoms with Gasteiger partial charge in [0.2, 0.25) is 0 Å². The van der Waals surface area contributed by atoms with Gasteiger partial charge < -0.3 is 19.2 Å². The molecule has 0 heterocycles. The van der Waals surface area contributed by atoms with Gasteiger partial charge in [0.1, 0.15) is 0 Å². The Labute approximate surface area is 424 Å². The van der Waals surface area contributed by atoms with Crippen LogP contribution in [-0.2, 0) is 50.3 Å². The lowest BCUT2D eigenvalue weighted by atomic mass is 9.59. The van der Waals surface area contributed by atoms with Gasteiger partial charge in [-0.15, -0.1) is 0 Å². The summed E-state index contributed by atoms with van der Waals surface area (Å²) in [6.45, 7) is 0. The van der Waals surface area contributed by atoms with Crippen LogP contribution in [0.25, 0.3) is 0 Å². The number of rotatable bonds is 24. The largest absolute Gasteiger partial charge is 0.355 e. The zero-order valence-electron chi connectivity index (χ0n) is 39.7. The summed E-state index contributed by atoms with van der Waals surface area (Å²) in [5, 5.41) is 36.3. The minimum atomic E-state index is -1.74. The van der Waals surface area contributed by atoms with Crippen LogP contribution in [0, 0.1) is 0 Å². The van der Waals surface area contributed by atoms with Crippen molar-refractivity contribution in [2.75, 3.05) is 0 Å². The van der Waals surface area contributed by atoms with Gasteiger partial charge in [-0.2, -0.15) is 0 Å². The first-order valence-corrected chi connectivity index (χ1v) is 23.5. The lowest BCUT2D eigenvalue weighted by Crippen LogP contribution is -2.38. The number of carbonyl (C=O) groups excluding carboxylic acids is 4. The molecule has 0 fully saturated rings. The van der Waals surface area contributed by atoms with Gasteiger partial charge in [0.15, 0.2) is 23.1 Å². The van der Waals surface area contributed by atoms with E-state index in [2.05, 4.69) is 19.2 Å². The molecule has 0 aromatic heterocycles. The summed E-state index contributed by atoms with van der Waals surface area (Å²) in [4.78, 5) is 78.4. The standard InChI is InChI=1S/C57H48B4O12/c62-53(33-37-17-25-41(26-18-37)58-70-66)45-9-1-5-13-49(45)57(50-14-6-2-10-46(50)54(63)34-38-19-27-42(28-20-38)59-71-67,51-15-7-3-11-47(51)55(64)35-39-21-29-43(30-22-39)60-72-68)52-16-8-4-12-48(52)56(65)36-40-23-31-44(32-24-40)61-73-69/h1-32,58-61,66-69H,33-36H2. The van der Waals surface area contributed by atoms with Crippen molar-refractivity contribution in [2.24, 2.45) is 0 Å². The van der Waals surface area contributed by atoms with Crippen LogP contribution in [0.3, 0.4) is 0 Å². The Hall–Kier alpha value is -7.62. The van der Waals surface area contributed by atoms with Crippen LogP contribution in [0.15, 0.2) is 194 Å². The number of ketones is 4. The van der Waals surface area contributed by atoms with Crippen LogP contribution >= 0.6 is 0 Å². The Morgan fingerprint density at radius 2 is 0.493 bits per heavy atom. The zero-order chi connectivity index (χ0) is 51.2. The summed E-state index contributed by atoms with van der Waals surface area (Å²) < 4.78 is 0. The molecule has 0 unspecified atom stereocenters. The van der Waals surface area contributed by atoms with E-state index in [0.717, 1.165) is 0 Å². The fourth-order valence-electron chi connectivity index (χ4n) is 9.52. The molecular formula is C57H48B4O12. The van der Waals surface area contributed by atoms with E-state index in [9.17, 15) is 0 Å². The molecule has 73 heavy (non-hydrogen) atoms. The quantitative estimate of drug-likeness (QED) is 0.0193. The fraction of sp³-hybridized carbons (Fsp3) is 0.0877. The molecule has 0 atom stereocenters. The minimum Gasteiger partial charge on any atom is -0.306 e. The molecule has 16 heteroatoms. The smallest absolute Gasteiger partial charge is 0.306 e. The van der Waals surface area contributed by atoms with E-state index in [1.54, 1.807) is 170 Å². The molecule has 0 aliphatic rings. The molecule has 8 rings (SSSR count). The van der Waals surface area contributed by atoms with Gasteiger partial charge in [-0.05, 0) is 66.4 Å². The monoisotopic (exact) mass is 968 g/mol. The molecule has 8 aromatic carbocycles. The topological polar surface area (TPSA) is 186 Å². The SMILES string of the molecule is O=C(Cc1ccc(BOO)cc1)c1ccccc1C(c1ccccc1C(=O)Cc1ccc(BOO)cc1)(c1ccccc1C(=O)Cc1ccc(BOO)cc1)c1ccccc1C(=O)Cc1ccc(BOO)cc1. The zero-order valence-corrected chi connectivity index (χ0v) is 39.7. The number of carbonyl (C=O) groups is 4. The molecule has 360 valence electrons. The average Bonchev–Trinajstić information content (AvgIpc) is 3.42. The van der Waals surface area contributed by atoms with E-state index in [4.69, 9.17) is 21.0 Å². The van der Waals surface area contributed by atoms with Crippen molar-refractivity contribution in [1.29, 1.82) is 0 Å². The van der Waals surface area contributed by atoms with Crippen molar-refractivity contribution in [3.05, 3.63) is 261 Å². The third-order valence-corrected chi connectivity index (χ3v) is 13.0. The first-order valence-electron chi connectivity index (χ1n) is 23.5. The maximum absolute atomic E-state index is 15.2. The maximum atomic E-state index is 15.2. The molecular weight excluding hydrogens is 920 g/mol. The van der Waals surface area contributed by atoms with Crippen molar-refractivity contribution in [3.63, 3.8) is 0 Å². The molecule has 0 spiro atoms. The summed E-state index contributed by atoms with van der Waals surface area (Å²) in [5.74, 6) is -1.14. The first-order chi connectivity index (χ1) is 35.7. The van der Waals surface area contributed by atoms with Crippen LogP contribution in [0.2, 0.25) is 0 Å². The average molecular weight is 968 g/mol. The van der Waals surface area contributed by atoms with E-state index >= 15 is 19.2 Å². The maximum Gasteiger partial charge on any atom is 0.355 e. The molecule has 0 saturated heterocycles. The van der Waals surface area contributed by atoms with Crippen molar-refractivity contribution in [2.45, 2.75) is 31.1 Å². The molecule has 0 saturated carbocycles. The number of hydrogen-bond donors (Lipinski definition) is 4. The van der Waals surface area contributed by atoms with Crippen molar-refractivity contribution in [3.8, 4) is 0 Å². The Morgan fingerprint density at radius 3 is 0.685 bits per heavy atom. The van der Waals surface area contributed by atoms with E-state index in [-0.39, 0.29) is 101 Å². The number of benzene rings is 8. The van der Waals surface area contributed by atoms with Gasteiger partial charge >= 0.3 is 29.9 Å². The summed E-state index contributed by atoms with van der Waals surface area (Å²) in [6, 6.07) is 56.8. The lowest BCUT2D eigenvalue weighted by molar-refractivity contribution is -0.135. The van der Waals surface area contributed by atoms with Crippen LogP contribution in [-0.4, -0.2) is 74.1 Å². The van der Waals surface area contributed by atoms with Gasteiger partial charge in [0, 0.05) is 47.9 Å². The van der Waals surface area contributed by atoms with Crippen LogP contribution in [0.1, 0.15) is 85.9 Å². The molecule has 0 aliphatic heterocycles. The van der Waals surface area contributed by atoms with Crippen LogP contribution < -0.4 is 21.9 Å².